The summed E-state index contributed by atoms with van der Waals surface area (Å²) in [6, 6.07) is 6.03. The lowest BCUT2D eigenvalue weighted by atomic mass is 10.1. The molecule has 0 N–H and O–H groups in total. The van der Waals surface area contributed by atoms with E-state index in [0.29, 0.717) is 52.7 Å². The lowest BCUT2D eigenvalue weighted by Gasteiger charge is -2.25. The molecule has 0 saturated heterocycles. The number of esters is 2. The molecule has 204 valence electrons. The molecular formula is C25H37N4O7S+. The van der Waals surface area contributed by atoms with E-state index in [1.807, 2.05) is 42.2 Å². The summed E-state index contributed by atoms with van der Waals surface area (Å²) in [5, 5.41) is 11.5. The van der Waals surface area contributed by atoms with Crippen LogP contribution in [0.4, 0.5) is 16.5 Å². The maximum atomic E-state index is 10.9. The van der Waals surface area contributed by atoms with Crippen LogP contribution in [0.25, 0.3) is 0 Å². The number of thiazole rings is 1. The predicted octanol–water partition coefficient (Wildman–Crippen LogP) is 3.28. The van der Waals surface area contributed by atoms with Crippen LogP contribution in [0.1, 0.15) is 19.4 Å². The van der Waals surface area contributed by atoms with E-state index in [4.69, 9.17) is 23.7 Å². The fraction of sp³-hybridized carbons (Fsp3) is 0.560. The zero-order chi connectivity index (χ0) is 26.9. The SMILES string of the molecule is CC(=O)OCCOCCOCCN(CCOCCOC(C)=O)c1ccc(/N=N/c2scc[n+]2C)c(C)c1. The number of aryl methyl sites for hydroxylation is 2. The van der Waals surface area contributed by atoms with Crippen LogP contribution in [-0.2, 0) is 40.3 Å². The van der Waals surface area contributed by atoms with Gasteiger partial charge in [-0.15, -0.1) is 0 Å². The highest BCUT2D eigenvalue weighted by atomic mass is 32.1. The second kappa shape index (κ2) is 17.5. The summed E-state index contributed by atoms with van der Waals surface area (Å²) in [7, 11) is 1.93. The van der Waals surface area contributed by atoms with Gasteiger partial charge in [0.1, 0.15) is 25.1 Å². The van der Waals surface area contributed by atoms with Crippen LogP contribution in [0, 0.1) is 6.92 Å². The van der Waals surface area contributed by atoms with Crippen molar-refractivity contribution in [3.05, 3.63) is 35.3 Å². The molecule has 1 aromatic carbocycles. The van der Waals surface area contributed by atoms with Crippen LogP contribution in [0.2, 0.25) is 0 Å². The summed E-state index contributed by atoms with van der Waals surface area (Å²) in [6.45, 7) is 8.99. The number of hydrogen-bond donors (Lipinski definition) is 0. The Morgan fingerprint density at radius 1 is 0.865 bits per heavy atom. The van der Waals surface area contributed by atoms with Crippen molar-refractivity contribution < 1.29 is 37.8 Å². The van der Waals surface area contributed by atoms with Crippen LogP contribution in [-0.4, -0.2) is 77.9 Å². The Labute approximate surface area is 221 Å². The number of hydrogen-bond acceptors (Lipinski definition) is 11. The Kier molecular flexibility index (Phi) is 14.3. The van der Waals surface area contributed by atoms with Crippen molar-refractivity contribution in [1.29, 1.82) is 0 Å². The molecule has 0 atom stereocenters. The first-order chi connectivity index (χ1) is 17.9. The van der Waals surface area contributed by atoms with Crippen molar-refractivity contribution in [2.75, 3.05) is 70.8 Å². The average molecular weight is 538 g/mol. The molecule has 2 aromatic rings. The summed E-state index contributed by atoms with van der Waals surface area (Å²) in [4.78, 5) is 23.8. The summed E-state index contributed by atoms with van der Waals surface area (Å²) in [5.74, 6) is -0.642. The van der Waals surface area contributed by atoms with Crippen LogP contribution in [0.15, 0.2) is 40.0 Å². The van der Waals surface area contributed by atoms with Crippen molar-refractivity contribution in [3.8, 4) is 0 Å². The molecule has 11 nitrogen and oxygen atoms in total. The molecule has 2 rings (SSSR count). The van der Waals surface area contributed by atoms with Crippen molar-refractivity contribution in [2.24, 2.45) is 17.3 Å². The third kappa shape index (κ3) is 12.7. The molecule has 0 radical (unpaired) electrons. The molecule has 0 fully saturated rings. The summed E-state index contributed by atoms with van der Waals surface area (Å²) in [5.41, 5.74) is 2.82. The average Bonchev–Trinajstić information content (AvgIpc) is 3.27. The molecule has 37 heavy (non-hydrogen) atoms. The zero-order valence-corrected chi connectivity index (χ0v) is 22.8. The molecule has 0 aliphatic rings. The van der Waals surface area contributed by atoms with E-state index in [1.165, 1.54) is 25.2 Å². The quantitative estimate of drug-likeness (QED) is 0.123. The Morgan fingerprint density at radius 3 is 1.95 bits per heavy atom. The van der Waals surface area contributed by atoms with E-state index in [0.717, 1.165) is 22.1 Å². The highest BCUT2D eigenvalue weighted by Crippen LogP contribution is 2.27. The molecule has 12 heteroatoms. The molecule has 0 aliphatic heterocycles. The first-order valence-corrected chi connectivity index (χ1v) is 12.9. The van der Waals surface area contributed by atoms with Gasteiger partial charge in [0, 0.05) is 38.0 Å². The first kappa shape index (κ1) is 30.3. The fourth-order valence-electron chi connectivity index (χ4n) is 3.10. The molecule has 0 spiro atoms. The molecule has 0 saturated carbocycles. The van der Waals surface area contributed by atoms with Crippen molar-refractivity contribution in [1.82, 2.24) is 0 Å². The Morgan fingerprint density at radius 2 is 1.43 bits per heavy atom. The molecule has 1 heterocycles. The molecule has 0 aliphatic carbocycles. The number of benzene rings is 1. The van der Waals surface area contributed by atoms with Crippen molar-refractivity contribution >= 4 is 39.8 Å². The summed E-state index contributed by atoms with van der Waals surface area (Å²) in [6.07, 6.45) is 1.94. The van der Waals surface area contributed by atoms with Gasteiger partial charge in [0.05, 0.1) is 51.8 Å². The van der Waals surface area contributed by atoms with Gasteiger partial charge in [-0.05, 0) is 47.1 Å². The van der Waals surface area contributed by atoms with Gasteiger partial charge in [-0.1, -0.05) is 0 Å². The minimum absolute atomic E-state index is 0.233. The lowest BCUT2D eigenvalue weighted by molar-refractivity contribution is -0.654. The third-order valence-electron chi connectivity index (χ3n) is 5.00. The first-order valence-electron chi connectivity index (χ1n) is 12.1. The Hall–Kier alpha value is -2.93. The van der Waals surface area contributed by atoms with Crippen molar-refractivity contribution in [2.45, 2.75) is 20.8 Å². The van der Waals surface area contributed by atoms with Gasteiger partial charge < -0.3 is 28.6 Å². The monoisotopic (exact) mass is 537 g/mol. The summed E-state index contributed by atoms with van der Waals surface area (Å²) < 4.78 is 28.4. The number of rotatable bonds is 18. The second-order valence-corrected chi connectivity index (χ2v) is 8.84. The molecule has 0 amide bonds. The van der Waals surface area contributed by atoms with Crippen LogP contribution < -0.4 is 9.47 Å². The van der Waals surface area contributed by atoms with Gasteiger partial charge in [-0.3, -0.25) is 9.59 Å². The number of carbonyl (C=O) groups is 2. The van der Waals surface area contributed by atoms with Crippen LogP contribution in [0.3, 0.4) is 0 Å². The van der Waals surface area contributed by atoms with Crippen molar-refractivity contribution in [3.63, 3.8) is 0 Å². The maximum Gasteiger partial charge on any atom is 0.408 e. The second-order valence-electron chi connectivity index (χ2n) is 7.97. The third-order valence-corrected chi connectivity index (χ3v) is 5.84. The van der Waals surface area contributed by atoms with E-state index < -0.39 is 0 Å². The van der Waals surface area contributed by atoms with Gasteiger partial charge in [0.15, 0.2) is 0 Å². The number of nitrogens with zero attached hydrogens (tertiary/aromatic N) is 4. The normalized spacial score (nSPS) is 11.1. The van der Waals surface area contributed by atoms with Gasteiger partial charge >= 0.3 is 17.1 Å². The minimum Gasteiger partial charge on any atom is -0.463 e. The summed E-state index contributed by atoms with van der Waals surface area (Å²) >= 11 is 1.53. The van der Waals surface area contributed by atoms with Gasteiger partial charge in [0.25, 0.3) is 0 Å². The van der Waals surface area contributed by atoms with E-state index in [2.05, 4.69) is 21.2 Å². The molecule has 0 bridgehead atoms. The predicted molar refractivity (Wildman–Crippen MR) is 139 cm³/mol. The fourth-order valence-corrected chi connectivity index (χ4v) is 3.78. The Bertz CT molecular complexity index is 999. The largest absolute Gasteiger partial charge is 0.463 e. The van der Waals surface area contributed by atoms with Gasteiger partial charge in [0.2, 0.25) is 0 Å². The highest BCUT2D eigenvalue weighted by Gasteiger charge is 2.12. The van der Waals surface area contributed by atoms with E-state index >= 15 is 0 Å². The highest BCUT2D eigenvalue weighted by molar-refractivity contribution is 7.12. The standard InChI is InChI=1S/C25H37N4O7S/c1-20-19-23(5-6-24(20)26-27-25-28(4)9-18-37-25)29(8-11-33-14-16-35-21(2)30)7-10-32-12-13-34-15-17-36-22(3)31/h5-6,9,18-19H,7-8,10-17H2,1-4H3/q+1. The number of ether oxygens (including phenoxy) is 5. The van der Waals surface area contributed by atoms with Crippen LogP contribution >= 0.6 is 11.3 Å². The number of aromatic nitrogens is 1. The number of azo groups is 1. The van der Waals surface area contributed by atoms with Crippen LogP contribution in [0.5, 0.6) is 0 Å². The topological polar surface area (TPSA) is 112 Å². The molecule has 1 aromatic heterocycles. The van der Waals surface area contributed by atoms with E-state index in [1.54, 1.807) is 0 Å². The number of anilines is 1. The minimum atomic E-state index is -0.321. The lowest BCUT2D eigenvalue weighted by Crippen LogP contribution is -2.31. The smallest absolute Gasteiger partial charge is 0.408 e. The maximum absolute atomic E-state index is 10.9. The van der Waals surface area contributed by atoms with Gasteiger partial charge in [-0.2, -0.15) is 0 Å². The van der Waals surface area contributed by atoms with E-state index in [9.17, 15) is 9.59 Å². The van der Waals surface area contributed by atoms with Gasteiger partial charge in [-0.25, -0.2) is 4.57 Å². The van der Waals surface area contributed by atoms with E-state index in [-0.39, 0.29) is 25.2 Å². The molecular weight excluding hydrogens is 500 g/mol. The Balaban J connectivity index is 1.87. The number of carbonyl (C=O) groups excluding carboxylic acids is 2. The molecule has 0 unspecified atom stereocenters. The zero-order valence-electron chi connectivity index (χ0n) is 22.0.